The molecule has 1 rings (SSSR count). The van der Waals surface area contributed by atoms with Gasteiger partial charge in [-0.2, -0.15) is 0 Å². The van der Waals surface area contributed by atoms with Crippen molar-refractivity contribution in [1.29, 1.82) is 0 Å². The smallest absolute Gasteiger partial charge is 0.138 e. The molecule has 108 valence electrons. The quantitative estimate of drug-likeness (QED) is 0.684. The highest BCUT2D eigenvalue weighted by atomic mass is 35.5. The largest absolute Gasteiger partial charge is 0.489 e. The predicted octanol–water partition coefficient (Wildman–Crippen LogP) is 2.23. The first-order valence-corrected chi connectivity index (χ1v) is 6.84. The first-order chi connectivity index (χ1) is 9.17. The summed E-state index contributed by atoms with van der Waals surface area (Å²) in [4.78, 5) is 0. The van der Waals surface area contributed by atoms with Gasteiger partial charge in [0.2, 0.25) is 0 Å². The third-order valence-corrected chi connectivity index (χ3v) is 3.01. The Balaban J connectivity index is 2.45. The highest BCUT2D eigenvalue weighted by molar-refractivity contribution is 6.32. The molecule has 1 aromatic carbocycles. The van der Waals surface area contributed by atoms with Gasteiger partial charge >= 0.3 is 0 Å². The van der Waals surface area contributed by atoms with Crippen LogP contribution in [0, 0.1) is 0 Å². The lowest BCUT2D eigenvalue weighted by atomic mass is 10.2. The van der Waals surface area contributed by atoms with Crippen molar-refractivity contribution in [2.75, 3.05) is 26.9 Å². The third-order valence-electron chi connectivity index (χ3n) is 2.71. The molecule has 0 bridgehead atoms. The van der Waals surface area contributed by atoms with Gasteiger partial charge in [-0.25, -0.2) is 0 Å². The molecule has 0 aliphatic carbocycles. The number of aliphatic hydroxyl groups is 1. The molecule has 19 heavy (non-hydrogen) atoms. The molecule has 0 aromatic heterocycles. The molecule has 0 aliphatic rings. The summed E-state index contributed by atoms with van der Waals surface area (Å²) in [5, 5.41) is 13.2. The summed E-state index contributed by atoms with van der Waals surface area (Å²) >= 11 is 6.14. The zero-order valence-electron chi connectivity index (χ0n) is 11.5. The van der Waals surface area contributed by atoms with Gasteiger partial charge in [-0.15, -0.1) is 0 Å². The molecule has 1 atom stereocenters. The molecule has 0 saturated heterocycles. The van der Waals surface area contributed by atoms with Gasteiger partial charge in [0, 0.05) is 20.2 Å². The monoisotopic (exact) mass is 287 g/mol. The third kappa shape index (κ3) is 6.25. The molecule has 0 amide bonds. The summed E-state index contributed by atoms with van der Waals surface area (Å²) in [6, 6.07) is 5.66. The van der Waals surface area contributed by atoms with Gasteiger partial charge in [0.25, 0.3) is 0 Å². The molecule has 1 aromatic rings. The molecule has 0 radical (unpaired) electrons. The molecule has 0 spiro atoms. The molecule has 0 heterocycles. The summed E-state index contributed by atoms with van der Waals surface area (Å²) in [6.07, 6.45) is 0.213. The molecule has 0 aliphatic heterocycles. The van der Waals surface area contributed by atoms with E-state index < -0.39 is 6.10 Å². The molecule has 0 fully saturated rings. The van der Waals surface area contributed by atoms with Crippen LogP contribution in [0.15, 0.2) is 18.2 Å². The molecular formula is C14H22ClNO3. The van der Waals surface area contributed by atoms with E-state index in [0.717, 1.165) is 18.7 Å². The number of rotatable bonds is 9. The number of nitrogens with one attached hydrogen (secondary N) is 1. The van der Waals surface area contributed by atoms with Crippen LogP contribution in [0.2, 0.25) is 5.02 Å². The number of hydrogen-bond acceptors (Lipinski definition) is 4. The van der Waals surface area contributed by atoms with Crippen molar-refractivity contribution in [2.24, 2.45) is 0 Å². The van der Waals surface area contributed by atoms with Gasteiger partial charge in [-0.1, -0.05) is 24.6 Å². The van der Waals surface area contributed by atoms with Crippen LogP contribution in [0.4, 0.5) is 0 Å². The second-order valence-corrected chi connectivity index (χ2v) is 4.71. The minimum atomic E-state index is -0.452. The van der Waals surface area contributed by atoms with Crippen molar-refractivity contribution in [3.05, 3.63) is 28.8 Å². The van der Waals surface area contributed by atoms with Crippen LogP contribution >= 0.6 is 11.6 Å². The number of ether oxygens (including phenoxy) is 2. The maximum Gasteiger partial charge on any atom is 0.138 e. The van der Waals surface area contributed by atoms with E-state index in [1.165, 1.54) is 0 Å². The Labute approximate surface area is 119 Å². The van der Waals surface area contributed by atoms with E-state index in [2.05, 4.69) is 5.32 Å². The van der Waals surface area contributed by atoms with Crippen molar-refractivity contribution < 1.29 is 14.6 Å². The van der Waals surface area contributed by atoms with E-state index in [1.807, 2.05) is 25.1 Å². The van der Waals surface area contributed by atoms with Crippen LogP contribution in [0.3, 0.4) is 0 Å². The van der Waals surface area contributed by atoms with E-state index in [4.69, 9.17) is 21.1 Å². The maximum absolute atomic E-state index is 9.44. The van der Waals surface area contributed by atoms with Gasteiger partial charge in [-0.3, -0.25) is 0 Å². The standard InChI is InChI=1S/C14H22ClNO3/c1-3-12(17)10-19-14-5-4-11(8-13(14)15)9-16-6-7-18-2/h4-5,8,12,16-17H,3,6-7,9-10H2,1-2H3. The first-order valence-electron chi connectivity index (χ1n) is 6.46. The number of benzene rings is 1. The highest BCUT2D eigenvalue weighted by Crippen LogP contribution is 2.25. The number of halogens is 1. The Morgan fingerprint density at radius 1 is 1.42 bits per heavy atom. The predicted molar refractivity (Wildman–Crippen MR) is 76.8 cm³/mol. The van der Waals surface area contributed by atoms with Crippen LogP contribution in [-0.2, 0) is 11.3 Å². The second-order valence-electron chi connectivity index (χ2n) is 4.31. The van der Waals surface area contributed by atoms with Crippen LogP contribution in [0.5, 0.6) is 5.75 Å². The van der Waals surface area contributed by atoms with Crippen molar-refractivity contribution in [3.8, 4) is 5.75 Å². The number of methoxy groups -OCH3 is 1. The lowest BCUT2D eigenvalue weighted by molar-refractivity contribution is 0.104. The second kappa shape index (κ2) is 9.15. The summed E-state index contributed by atoms with van der Waals surface area (Å²) in [5.74, 6) is 0.606. The Bertz CT molecular complexity index is 374. The number of hydrogen-bond donors (Lipinski definition) is 2. The fourth-order valence-electron chi connectivity index (χ4n) is 1.48. The highest BCUT2D eigenvalue weighted by Gasteiger charge is 2.06. The van der Waals surface area contributed by atoms with E-state index in [9.17, 15) is 5.11 Å². The Morgan fingerprint density at radius 2 is 2.21 bits per heavy atom. The van der Waals surface area contributed by atoms with E-state index in [1.54, 1.807) is 7.11 Å². The van der Waals surface area contributed by atoms with Crippen molar-refractivity contribution in [1.82, 2.24) is 5.32 Å². The van der Waals surface area contributed by atoms with Gasteiger partial charge < -0.3 is 19.9 Å². The zero-order valence-corrected chi connectivity index (χ0v) is 12.2. The lowest BCUT2D eigenvalue weighted by Gasteiger charge is -2.12. The first kappa shape index (κ1) is 16.2. The lowest BCUT2D eigenvalue weighted by Crippen LogP contribution is -2.18. The Hall–Kier alpha value is -0.810. The molecule has 4 nitrogen and oxygen atoms in total. The summed E-state index contributed by atoms with van der Waals surface area (Å²) < 4.78 is 10.4. The fraction of sp³-hybridized carbons (Fsp3) is 0.571. The van der Waals surface area contributed by atoms with Gasteiger partial charge in [0.1, 0.15) is 12.4 Å². The van der Waals surface area contributed by atoms with Crippen LogP contribution in [0.25, 0.3) is 0 Å². The average molecular weight is 288 g/mol. The van der Waals surface area contributed by atoms with E-state index >= 15 is 0 Å². The SMILES string of the molecule is CCC(O)COc1ccc(CNCCOC)cc1Cl. The minimum absolute atomic E-state index is 0.266. The zero-order chi connectivity index (χ0) is 14.1. The van der Waals surface area contributed by atoms with E-state index in [0.29, 0.717) is 23.8 Å². The summed E-state index contributed by atoms with van der Waals surface area (Å²) in [6.45, 7) is 4.39. The summed E-state index contributed by atoms with van der Waals surface area (Å²) in [5.41, 5.74) is 1.09. The van der Waals surface area contributed by atoms with Crippen LogP contribution in [-0.4, -0.2) is 38.1 Å². The van der Waals surface area contributed by atoms with Crippen LogP contribution < -0.4 is 10.1 Å². The average Bonchev–Trinajstić information content (AvgIpc) is 2.42. The molecule has 0 saturated carbocycles. The van der Waals surface area contributed by atoms with Gasteiger partial charge in [-0.05, 0) is 24.1 Å². The van der Waals surface area contributed by atoms with Crippen LogP contribution in [0.1, 0.15) is 18.9 Å². The van der Waals surface area contributed by atoms with Crippen molar-refractivity contribution >= 4 is 11.6 Å². The molecule has 5 heteroatoms. The Morgan fingerprint density at radius 3 is 2.84 bits per heavy atom. The normalized spacial score (nSPS) is 12.4. The minimum Gasteiger partial charge on any atom is -0.489 e. The molecule has 1 unspecified atom stereocenters. The van der Waals surface area contributed by atoms with Gasteiger partial charge in [0.15, 0.2) is 0 Å². The number of aliphatic hydroxyl groups excluding tert-OH is 1. The topological polar surface area (TPSA) is 50.7 Å². The molecule has 2 N–H and O–H groups in total. The summed E-state index contributed by atoms with van der Waals surface area (Å²) in [7, 11) is 1.68. The maximum atomic E-state index is 9.44. The van der Waals surface area contributed by atoms with Crippen molar-refractivity contribution in [2.45, 2.75) is 26.0 Å². The Kier molecular flexibility index (Phi) is 7.82. The fourth-order valence-corrected chi connectivity index (χ4v) is 1.74. The van der Waals surface area contributed by atoms with Crippen molar-refractivity contribution in [3.63, 3.8) is 0 Å². The van der Waals surface area contributed by atoms with Gasteiger partial charge in [0.05, 0.1) is 17.7 Å². The molecular weight excluding hydrogens is 266 g/mol. The van der Waals surface area contributed by atoms with E-state index in [-0.39, 0.29) is 6.61 Å².